The number of ether oxygens (including phenoxy) is 1. The number of phenolic OH excluding ortho intramolecular Hbond substituents is 1. The van der Waals surface area contributed by atoms with Crippen LogP contribution in [0.3, 0.4) is 0 Å². The number of para-hydroxylation sites is 1. The molecule has 166 valence electrons. The van der Waals surface area contributed by atoms with Crippen molar-refractivity contribution in [3.05, 3.63) is 61.2 Å². The fourth-order valence-electron chi connectivity index (χ4n) is 3.46. The van der Waals surface area contributed by atoms with Gasteiger partial charge < -0.3 is 20.1 Å². The molecular weight excluding hydrogens is 426 g/mol. The average molecular weight is 452 g/mol. The van der Waals surface area contributed by atoms with Crippen LogP contribution in [0, 0.1) is 0 Å². The summed E-state index contributed by atoms with van der Waals surface area (Å²) in [6.07, 6.45) is 1.73. The van der Waals surface area contributed by atoms with Crippen molar-refractivity contribution in [2.75, 3.05) is 42.3 Å². The number of nitrogens with one attached hydrogen (secondary N) is 1. The second kappa shape index (κ2) is 10.3. The van der Waals surface area contributed by atoms with Crippen molar-refractivity contribution in [3.8, 4) is 17.1 Å². The number of carbonyl (C=O) groups excluding carboxylic acids is 1. The molecule has 1 fully saturated rings. The maximum Gasteiger partial charge on any atom is 0.234 e. The Kier molecular flexibility index (Phi) is 7.08. The Morgan fingerprint density at radius 3 is 2.62 bits per heavy atom. The first kappa shape index (κ1) is 21.9. The first-order chi connectivity index (χ1) is 15.7. The van der Waals surface area contributed by atoms with E-state index < -0.39 is 0 Å². The number of anilines is 2. The van der Waals surface area contributed by atoms with E-state index in [4.69, 9.17) is 4.74 Å². The lowest BCUT2D eigenvalue weighted by atomic mass is 10.2. The molecule has 8 nitrogen and oxygen atoms in total. The number of aromatic nitrogens is 3. The molecule has 1 aliphatic heterocycles. The van der Waals surface area contributed by atoms with Crippen molar-refractivity contribution in [1.29, 1.82) is 0 Å². The molecule has 4 rings (SSSR count). The van der Waals surface area contributed by atoms with Gasteiger partial charge in [0, 0.05) is 31.0 Å². The fourth-order valence-corrected chi connectivity index (χ4v) is 4.20. The molecule has 0 spiro atoms. The number of hydrogen-bond acceptors (Lipinski definition) is 7. The summed E-state index contributed by atoms with van der Waals surface area (Å²) in [5.74, 6) is 0.706. The number of hydrogen-bond donors (Lipinski definition) is 2. The molecular formula is C23H25N5O3S. The van der Waals surface area contributed by atoms with Gasteiger partial charge in [-0.25, -0.2) is 0 Å². The van der Waals surface area contributed by atoms with Gasteiger partial charge in [-0.15, -0.1) is 16.8 Å². The van der Waals surface area contributed by atoms with E-state index >= 15 is 0 Å². The van der Waals surface area contributed by atoms with Gasteiger partial charge in [-0.3, -0.25) is 9.36 Å². The molecule has 9 heteroatoms. The van der Waals surface area contributed by atoms with Crippen LogP contribution in [0.4, 0.5) is 11.4 Å². The van der Waals surface area contributed by atoms with Gasteiger partial charge in [0.15, 0.2) is 11.0 Å². The third-order valence-electron chi connectivity index (χ3n) is 5.03. The van der Waals surface area contributed by atoms with E-state index in [0.29, 0.717) is 23.1 Å². The van der Waals surface area contributed by atoms with Crippen LogP contribution in [0.2, 0.25) is 0 Å². The van der Waals surface area contributed by atoms with E-state index in [9.17, 15) is 9.90 Å². The van der Waals surface area contributed by atoms with Gasteiger partial charge in [0.05, 0.1) is 24.5 Å². The van der Waals surface area contributed by atoms with E-state index in [1.54, 1.807) is 24.3 Å². The fraction of sp³-hybridized carbons (Fsp3) is 0.261. The maximum absolute atomic E-state index is 12.5. The number of thioether (sulfide) groups is 1. The van der Waals surface area contributed by atoms with Crippen LogP contribution in [0.15, 0.2) is 66.3 Å². The Hall–Kier alpha value is -3.30. The van der Waals surface area contributed by atoms with Crippen molar-refractivity contribution in [2.24, 2.45) is 0 Å². The third-order valence-corrected chi connectivity index (χ3v) is 6.00. The summed E-state index contributed by atoms with van der Waals surface area (Å²) >= 11 is 1.29. The lowest BCUT2D eigenvalue weighted by Crippen LogP contribution is -2.36. The Bertz CT molecular complexity index is 1080. The highest BCUT2D eigenvalue weighted by atomic mass is 32.2. The van der Waals surface area contributed by atoms with Crippen LogP contribution in [0.25, 0.3) is 11.4 Å². The van der Waals surface area contributed by atoms with E-state index in [1.807, 2.05) is 34.9 Å². The largest absolute Gasteiger partial charge is 0.507 e. The first-order valence-corrected chi connectivity index (χ1v) is 11.3. The van der Waals surface area contributed by atoms with E-state index in [2.05, 4.69) is 27.0 Å². The molecule has 32 heavy (non-hydrogen) atoms. The molecule has 2 aromatic carbocycles. The molecule has 1 aromatic heterocycles. The average Bonchev–Trinajstić information content (AvgIpc) is 3.22. The Labute approximate surface area is 190 Å². The minimum atomic E-state index is -0.133. The number of benzene rings is 2. The molecule has 0 bridgehead atoms. The Balaban J connectivity index is 1.38. The predicted octanol–water partition coefficient (Wildman–Crippen LogP) is 3.40. The van der Waals surface area contributed by atoms with Crippen molar-refractivity contribution < 1.29 is 14.6 Å². The second-order valence-corrected chi connectivity index (χ2v) is 8.15. The number of carbonyl (C=O) groups is 1. The van der Waals surface area contributed by atoms with Crippen molar-refractivity contribution in [1.82, 2.24) is 14.8 Å². The van der Waals surface area contributed by atoms with Crippen LogP contribution < -0.4 is 10.2 Å². The topological polar surface area (TPSA) is 92.5 Å². The Morgan fingerprint density at radius 2 is 1.91 bits per heavy atom. The smallest absolute Gasteiger partial charge is 0.234 e. The first-order valence-electron chi connectivity index (χ1n) is 10.3. The van der Waals surface area contributed by atoms with Gasteiger partial charge in [0.25, 0.3) is 0 Å². The molecule has 1 saturated heterocycles. The zero-order chi connectivity index (χ0) is 22.3. The van der Waals surface area contributed by atoms with Crippen LogP contribution in [0.1, 0.15) is 0 Å². The van der Waals surface area contributed by atoms with E-state index in [1.165, 1.54) is 11.8 Å². The molecule has 2 N–H and O–H groups in total. The molecule has 1 amide bonds. The molecule has 1 aliphatic rings. The number of aromatic hydroxyl groups is 1. The van der Waals surface area contributed by atoms with Gasteiger partial charge in [-0.2, -0.15) is 0 Å². The van der Waals surface area contributed by atoms with Crippen LogP contribution in [-0.4, -0.2) is 57.8 Å². The summed E-state index contributed by atoms with van der Waals surface area (Å²) in [5, 5.41) is 22.1. The molecule has 0 unspecified atom stereocenters. The van der Waals surface area contributed by atoms with Gasteiger partial charge >= 0.3 is 0 Å². The van der Waals surface area contributed by atoms with Gasteiger partial charge in [0.2, 0.25) is 5.91 Å². The number of allylic oxidation sites excluding steroid dienone is 1. The number of morpholine rings is 1. The molecule has 0 aliphatic carbocycles. The highest BCUT2D eigenvalue weighted by Gasteiger charge is 2.17. The quantitative estimate of drug-likeness (QED) is 0.401. The zero-order valence-electron chi connectivity index (χ0n) is 17.6. The number of nitrogens with zero attached hydrogens (tertiary/aromatic N) is 4. The second-order valence-electron chi connectivity index (χ2n) is 7.21. The van der Waals surface area contributed by atoms with Crippen LogP contribution in [0.5, 0.6) is 5.75 Å². The lowest BCUT2D eigenvalue weighted by Gasteiger charge is -2.28. The zero-order valence-corrected chi connectivity index (χ0v) is 18.4. The summed E-state index contributed by atoms with van der Waals surface area (Å²) in [6, 6.07) is 14.8. The normalized spacial score (nSPS) is 13.7. The van der Waals surface area contributed by atoms with Gasteiger partial charge in [0.1, 0.15) is 5.75 Å². The summed E-state index contributed by atoms with van der Waals surface area (Å²) in [7, 11) is 0. The summed E-state index contributed by atoms with van der Waals surface area (Å²) in [4.78, 5) is 14.8. The predicted molar refractivity (Wildman–Crippen MR) is 126 cm³/mol. The van der Waals surface area contributed by atoms with E-state index in [-0.39, 0.29) is 17.4 Å². The van der Waals surface area contributed by atoms with Crippen LogP contribution >= 0.6 is 11.8 Å². The van der Waals surface area contributed by atoms with Crippen LogP contribution in [-0.2, 0) is 16.1 Å². The summed E-state index contributed by atoms with van der Waals surface area (Å²) in [6.45, 7) is 7.46. The van der Waals surface area contributed by atoms with Gasteiger partial charge in [-0.1, -0.05) is 30.0 Å². The van der Waals surface area contributed by atoms with Crippen molar-refractivity contribution >= 4 is 29.0 Å². The highest BCUT2D eigenvalue weighted by molar-refractivity contribution is 7.99. The van der Waals surface area contributed by atoms with Gasteiger partial charge in [-0.05, 0) is 36.4 Å². The minimum Gasteiger partial charge on any atom is -0.507 e. The van der Waals surface area contributed by atoms with E-state index in [0.717, 1.165) is 37.7 Å². The monoisotopic (exact) mass is 451 g/mol. The third kappa shape index (κ3) is 5.12. The summed E-state index contributed by atoms with van der Waals surface area (Å²) < 4.78 is 7.22. The number of amides is 1. The molecule has 0 saturated carbocycles. The lowest BCUT2D eigenvalue weighted by molar-refractivity contribution is -0.113. The SMILES string of the molecule is C=CCn1c(SCC(=O)Nc2ccc(N3CCOCC3)cc2)nnc1-c1ccccc1O. The maximum atomic E-state index is 12.5. The standard InChI is InChI=1S/C23H25N5O3S/c1-2-11-28-22(19-5-3-4-6-20(19)29)25-26-23(28)32-16-21(30)24-17-7-9-18(10-8-17)27-12-14-31-15-13-27/h2-10,29H,1,11-16H2,(H,24,30). The highest BCUT2D eigenvalue weighted by Crippen LogP contribution is 2.30. The number of phenols is 1. The minimum absolute atomic E-state index is 0.125. The molecule has 2 heterocycles. The summed E-state index contributed by atoms with van der Waals surface area (Å²) in [5.41, 5.74) is 2.45. The van der Waals surface area contributed by atoms with Crippen molar-refractivity contribution in [2.45, 2.75) is 11.7 Å². The molecule has 0 atom stereocenters. The number of rotatable bonds is 8. The molecule has 3 aromatic rings. The Morgan fingerprint density at radius 1 is 1.16 bits per heavy atom. The van der Waals surface area contributed by atoms with Crippen molar-refractivity contribution in [3.63, 3.8) is 0 Å². The molecule has 0 radical (unpaired) electrons.